The van der Waals surface area contributed by atoms with E-state index in [2.05, 4.69) is 5.32 Å². The molecule has 0 unspecified atom stereocenters. The van der Waals surface area contributed by atoms with E-state index in [1.807, 2.05) is 36.4 Å². The van der Waals surface area contributed by atoms with Crippen LogP contribution < -0.4 is 19.7 Å². The molecule has 0 aliphatic carbocycles. The van der Waals surface area contributed by atoms with Crippen molar-refractivity contribution < 1.29 is 45.3 Å². The minimum absolute atomic E-state index is 0. The number of carbonyl (C=O) groups is 1. The summed E-state index contributed by atoms with van der Waals surface area (Å²) < 4.78 is 99.0. The molecular weight excluding hydrogens is 830 g/mol. The van der Waals surface area contributed by atoms with Gasteiger partial charge in [-0.15, -0.1) is 12.4 Å². The van der Waals surface area contributed by atoms with Gasteiger partial charge >= 0.3 is 18.4 Å². The van der Waals surface area contributed by atoms with Crippen LogP contribution in [-0.4, -0.2) is 24.8 Å². The Morgan fingerprint density at radius 3 is 1.60 bits per heavy atom. The quantitative estimate of drug-likeness (QED) is 0.154. The summed E-state index contributed by atoms with van der Waals surface area (Å²) >= 11 is 0. The van der Waals surface area contributed by atoms with Crippen LogP contribution in [0.15, 0.2) is 133 Å². The summed E-state index contributed by atoms with van der Waals surface area (Å²) in [6, 6.07) is 37.4. The van der Waals surface area contributed by atoms with Gasteiger partial charge < -0.3 is 19.5 Å². The average molecular weight is 875 g/mol. The number of amides is 1. The Kier molecular flexibility index (Phi) is 13.8. The van der Waals surface area contributed by atoms with Crippen LogP contribution in [0.3, 0.4) is 0 Å². The highest BCUT2D eigenvalue weighted by molar-refractivity contribution is 5.90. The second kappa shape index (κ2) is 18.9. The fourth-order valence-electron chi connectivity index (χ4n) is 7.22. The molecule has 0 saturated heterocycles. The van der Waals surface area contributed by atoms with Crippen LogP contribution in [0.4, 0.5) is 42.5 Å². The maximum Gasteiger partial charge on any atom is 0.416 e. The Bertz CT molecular complexity index is 2490. The van der Waals surface area contributed by atoms with E-state index in [-0.39, 0.29) is 36.7 Å². The summed E-state index contributed by atoms with van der Waals surface area (Å²) in [5, 5.41) is 3.25. The normalized spacial score (nSPS) is 13.1. The number of hydrogen-bond acceptors (Lipinski definition) is 5. The van der Waals surface area contributed by atoms with Crippen molar-refractivity contribution in [3.05, 3.63) is 167 Å². The zero-order valence-electron chi connectivity index (χ0n) is 34.2. The number of nitrogens with zero attached hydrogens (tertiary/aromatic N) is 1. The minimum atomic E-state index is -4.50. The van der Waals surface area contributed by atoms with Gasteiger partial charge in [0.1, 0.15) is 30.3 Å². The number of halogens is 7. The van der Waals surface area contributed by atoms with E-state index in [4.69, 9.17) is 14.2 Å². The molecule has 2 aliphatic rings. The lowest BCUT2D eigenvalue weighted by molar-refractivity contribution is -0.139. The summed E-state index contributed by atoms with van der Waals surface area (Å²) in [6.07, 6.45) is -7.86. The fraction of sp³-hybridized carbons (Fsp3) is 0.245. The molecule has 6 nitrogen and oxygen atoms in total. The Morgan fingerprint density at radius 1 is 0.597 bits per heavy atom. The molecule has 0 radical (unpaired) electrons. The molecule has 2 aliphatic heterocycles. The molecule has 0 saturated carbocycles. The van der Waals surface area contributed by atoms with Crippen molar-refractivity contribution in [3.63, 3.8) is 0 Å². The molecule has 0 fully saturated rings. The highest BCUT2D eigenvalue weighted by Crippen LogP contribution is 2.38. The van der Waals surface area contributed by atoms with Crippen molar-refractivity contribution in [2.45, 2.75) is 64.8 Å². The Hall–Kier alpha value is -6.14. The third-order valence-corrected chi connectivity index (χ3v) is 10.2. The van der Waals surface area contributed by atoms with E-state index in [0.717, 1.165) is 47.1 Å². The lowest BCUT2D eigenvalue weighted by Crippen LogP contribution is -2.35. The van der Waals surface area contributed by atoms with Gasteiger partial charge in [-0.3, -0.25) is 4.90 Å². The largest absolute Gasteiger partial charge is 0.489 e. The summed E-state index contributed by atoms with van der Waals surface area (Å²) in [7, 11) is 0. The number of fused-ring (bicyclic) bond motifs is 2. The van der Waals surface area contributed by atoms with Crippen molar-refractivity contribution in [2.24, 2.45) is 0 Å². The van der Waals surface area contributed by atoms with E-state index in [1.165, 1.54) is 18.2 Å². The van der Waals surface area contributed by atoms with E-state index in [0.29, 0.717) is 41.2 Å². The molecule has 13 heteroatoms. The lowest BCUT2D eigenvalue weighted by Gasteiger charge is -2.24. The summed E-state index contributed by atoms with van der Waals surface area (Å²) in [5.74, 6) is 1.03. The maximum atomic E-state index is 13.8. The van der Waals surface area contributed by atoms with Crippen LogP contribution in [-0.2, 0) is 43.1 Å². The van der Waals surface area contributed by atoms with Crippen LogP contribution in [0.1, 0.15) is 54.2 Å². The molecule has 2 heterocycles. The highest BCUT2D eigenvalue weighted by Gasteiger charge is 2.35. The second-order valence-corrected chi connectivity index (χ2v) is 15.7. The van der Waals surface area contributed by atoms with E-state index >= 15 is 0 Å². The monoisotopic (exact) mass is 874 g/mol. The Balaban J connectivity index is 0.000000209. The van der Waals surface area contributed by atoms with Crippen molar-refractivity contribution in [2.75, 3.05) is 23.3 Å². The zero-order valence-corrected chi connectivity index (χ0v) is 35.0. The molecular formula is C49H45ClF6N2O4. The number of hydrogen-bond donors (Lipinski definition) is 1. The summed E-state index contributed by atoms with van der Waals surface area (Å²) in [4.78, 5) is 14.0. The number of anilines is 2. The van der Waals surface area contributed by atoms with Crippen molar-refractivity contribution in [1.29, 1.82) is 0 Å². The van der Waals surface area contributed by atoms with Gasteiger partial charge in [0, 0.05) is 29.9 Å². The van der Waals surface area contributed by atoms with Crippen molar-refractivity contribution in [1.82, 2.24) is 0 Å². The zero-order chi connectivity index (χ0) is 43.4. The number of nitrogens with one attached hydrogen (secondary N) is 1. The first-order valence-electron chi connectivity index (χ1n) is 19.8. The predicted octanol–water partition coefficient (Wildman–Crippen LogP) is 13.6. The van der Waals surface area contributed by atoms with Gasteiger partial charge in [-0.1, -0.05) is 84.9 Å². The lowest BCUT2D eigenvalue weighted by atomic mass is 9.99. The average Bonchev–Trinajstić information content (AvgIpc) is 3.89. The van der Waals surface area contributed by atoms with Gasteiger partial charge in [0.05, 0.1) is 16.8 Å². The molecule has 0 aromatic heterocycles. The SMILES string of the molecule is CC(C)(C)OC(=O)N1CCc2cc(OCc3ccc(-c4ccccc4)cc3C(F)(F)F)ccc21.Cl.FC(F)(F)c1cc(-c2ccccc2)ccc1COc1ccc2c(c1)CCN2. The number of alkyl halides is 6. The van der Waals surface area contributed by atoms with Gasteiger partial charge in [-0.05, 0) is 116 Å². The summed E-state index contributed by atoms with van der Waals surface area (Å²) in [6.45, 7) is 6.42. The first-order valence-corrected chi connectivity index (χ1v) is 19.8. The summed E-state index contributed by atoms with van der Waals surface area (Å²) in [5.41, 5.74) is 4.51. The van der Waals surface area contributed by atoms with Crippen molar-refractivity contribution >= 4 is 29.9 Å². The molecule has 6 aromatic rings. The molecule has 1 N–H and O–H groups in total. The second-order valence-electron chi connectivity index (χ2n) is 15.7. The number of carbonyl (C=O) groups excluding carboxylic acids is 1. The molecule has 62 heavy (non-hydrogen) atoms. The molecule has 0 bridgehead atoms. The van der Waals surface area contributed by atoms with Gasteiger partial charge in [0.25, 0.3) is 0 Å². The van der Waals surface area contributed by atoms with Crippen LogP contribution in [0.5, 0.6) is 11.5 Å². The minimum Gasteiger partial charge on any atom is -0.489 e. The van der Waals surface area contributed by atoms with Gasteiger partial charge in [-0.25, -0.2) is 4.79 Å². The number of benzene rings is 6. The van der Waals surface area contributed by atoms with Gasteiger partial charge in [0.15, 0.2) is 0 Å². The smallest absolute Gasteiger partial charge is 0.416 e. The van der Waals surface area contributed by atoms with Crippen LogP contribution >= 0.6 is 12.4 Å². The molecule has 324 valence electrons. The van der Waals surface area contributed by atoms with Crippen LogP contribution in [0.25, 0.3) is 22.3 Å². The van der Waals surface area contributed by atoms with Gasteiger partial charge in [-0.2, -0.15) is 26.3 Å². The van der Waals surface area contributed by atoms with E-state index in [1.54, 1.807) is 98.5 Å². The number of ether oxygens (including phenoxy) is 3. The number of rotatable bonds is 8. The van der Waals surface area contributed by atoms with Crippen LogP contribution in [0.2, 0.25) is 0 Å². The first kappa shape index (κ1) is 45.4. The fourth-order valence-corrected chi connectivity index (χ4v) is 7.22. The molecule has 1 amide bonds. The standard InChI is InChI=1S/C27H26F3NO3.C22H18F3NO.ClH/c1-26(2,3)34-25(32)31-14-13-20-15-22(11-12-24(20)31)33-17-21-10-9-19(16-23(21)27(28,29)30)18-7-5-4-6-8-18;23-22(24,25)20-13-16(15-4-2-1-3-5-15)6-7-18(20)14-27-19-8-9-21-17(12-19)10-11-26-21;/h4-12,15-16H,13-14,17H2,1-3H3;1-9,12-13,26H,10-11,14H2;1H. The molecule has 6 aromatic carbocycles. The molecule has 0 spiro atoms. The van der Waals surface area contributed by atoms with Gasteiger partial charge in [0.2, 0.25) is 0 Å². The van der Waals surface area contributed by atoms with Crippen molar-refractivity contribution in [3.8, 4) is 33.8 Å². The van der Waals surface area contributed by atoms with Crippen LogP contribution in [0, 0.1) is 0 Å². The first-order chi connectivity index (χ1) is 29.0. The Morgan fingerprint density at radius 2 is 1.10 bits per heavy atom. The molecule has 0 atom stereocenters. The third-order valence-electron chi connectivity index (χ3n) is 10.2. The molecule has 8 rings (SSSR count). The predicted molar refractivity (Wildman–Crippen MR) is 232 cm³/mol. The third kappa shape index (κ3) is 11.2. The topological polar surface area (TPSA) is 60.0 Å². The van der Waals surface area contributed by atoms with E-state index < -0.39 is 35.2 Å². The highest BCUT2D eigenvalue weighted by atomic mass is 35.5. The Labute approximate surface area is 362 Å². The van der Waals surface area contributed by atoms with E-state index in [9.17, 15) is 31.1 Å². The maximum absolute atomic E-state index is 13.8.